The summed E-state index contributed by atoms with van der Waals surface area (Å²) in [7, 11) is 2.82. The van der Waals surface area contributed by atoms with E-state index in [0.717, 1.165) is 29.2 Å². The summed E-state index contributed by atoms with van der Waals surface area (Å²) in [6, 6.07) is 4.01. The van der Waals surface area contributed by atoms with Crippen molar-refractivity contribution in [3.05, 3.63) is 76.5 Å². The van der Waals surface area contributed by atoms with E-state index in [9.17, 15) is 27.2 Å². The average Bonchev–Trinajstić information content (AvgIpc) is 2.66. The number of allylic oxidation sites excluding steroid dienone is 1. The van der Waals surface area contributed by atoms with Gasteiger partial charge in [0.25, 0.3) is 5.91 Å². The van der Waals surface area contributed by atoms with E-state index < -0.39 is 41.2 Å². The molecule has 152 valence electrons. The van der Waals surface area contributed by atoms with Crippen molar-refractivity contribution in [2.75, 3.05) is 19.4 Å². The molecule has 0 radical (unpaired) electrons. The summed E-state index contributed by atoms with van der Waals surface area (Å²) in [5.41, 5.74) is 0.145. The summed E-state index contributed by atoms with van der Waals surface area (Å²) in [5.74, 6) is -4.70. The average molecular weight is 407 g/mol. The highest BCUT2D eigenvalue weighted by Gasteiger charge is 2.39. The predicted molar refractivity (Wildman–Crippen MR) is 97.7 cm³/mol. The van der Waals surface area contributed by atoms with Gasteiger partial charge in [0, 0.05) is 43.2 Å². The first-order chi connectivity index (χ1) is 13.6. The van der Waals surface area contributed by atoms with Gasteiger partial charge in [0.05, 0.1) is 11.6 Å². The summed E-state index contributed by atoms with van der Waals surface area (Å²) < 4.78 is 54.4. The number of benzene rings is 2. The van der Waals surface area contributed by atoms with E-state index >= 15 is 0 Å². The number of halogens is 4. The van der Waals surface area contributed by atoms with Gasteiger partial charge in [0.15, 0.2) is 11.6 Å². The van der Waals surface area contributed by atoms with Crippen molar-refractivity contribution in [3.63, 3.8) is 0 Å². The Morgan fingerprint density at radius 1 is 0.966 bits per heavy atom. The summed E-state index contributed by atoms with van der Waals surface area (Å²) in [6.45, 7) is 1.50. The van der Waals surface area contributed by atoms with E-state index in [1.165, 1.54) is 32.0 Å². The second kappa shape index (κ2) is 7.57. The van der Waals surface area contributed by atoms with Crippen molar-refractivity contribution in [1.29, 1.82) is 0 Å². The SMILES string of the molecule is CC1=C(C(=O)Nc2ccc(F)c(F)c2)[C@@H](c2ccc(F)cc2F)N(C)C(=O)N1C. The molecule has 1 atom stereocenters. The number of anilines is 1. The number of hydrogen-bond donors (Lipinski definition) is 1. The van der Waals surface area contributed by atoms with Gasteiger partial charge in [-0.2, -0.15) is 0 Å². The first kappa shape index (κ1) is 20.4. The minimum atomic E-state index is -1.15. The molecule has 9 heteroatoms. The molecule has 3 rings (SSSR count). The van der Waals surface area contributed by atoms with Crippen molar-refractivity contribution < 1.29 is 27.2 Å². The molecular weight excluding hydrogens is 390 g/mol. The van der Waals surface area contributed by atoms with Crippen LogP contribution in [-0.2, 0) is 4.79 Å². The second-order valence-corrected chi connectivity index (χ2v) is 6.60. The maximum atomic E-state index is 14.5. The Labute approximate surface area is 164 Å². The lowest BCUT2D eigenvalue weighted by Crippen LogP contribution is -2.48. The molecule has 5 nitrogen and oxygen atoms in total. The zero-order valence-corrected chi connectivity index (χ0v) is 15.8. The van der Waals surface area contributed by atoms with Gasteiger partial charge in [-0.3, -0.25) is 4.79 Å². The Morgan fingerprint density at radius 3 is 2.28 bits per heavy atom. The number of urea groups is 1. The molecule has 0 fully saturated rings. The van der Waals surface area contributed by atoms with Gasteiger partial charge < -0.3 is 15.1 Å². The van der Waals surface area contributed by atoms with Gasteiger partial charge in [-0.25, -0.2) is 22.4 Å². The maximum absolute atomic E-state index is 14.5. The third-order valence-corrected chi connectivity index (χ3v) is 4.82. The Morgan fingerprint density at radius 2 is 1.66 bits per heavy atom. The van der Waals surface area contributed by atoms with Gasteiger partial charge in [-0.15, -0.1) is 0 Å². The number of amides is 3. The number of hydrogen-bond acceptors (Lipinski definition) is 2. The van der Waals surface area contributed by atoms with Crippen LogP contribution in [0.4, 0.5) is 28.0 Å². The Kier molecular flexibility index (Phi) is 5.32. The Bertz CT molecular complexity index is 1040. The van der Waals surface area contributed by atoms with Gasteiger partial charge in [0.2, 0.25) is 0 Å². The van der Waals surface area contributed by atoms with Crippen LogP contribution < -0.4 is 5.32 Å². The number of carbonyl (C=O) groups excluding carboxylic acids is 2. The smallest absolute Gasteiger partial charge is 0.322 e. The summed E-state index contributed by atoms with van der Waals surface area (Å²) in [6.07, 6.45) is 0. The Balaban J connectivity index is 2.08. The van der Waals surface area contributed by atoms with Gasteiger partial charge in [0.1, 0.15) is 11.6 Å². The van der Waals surface area contributed by atoms with E-state index in [0.29, 0.717) is 6.07 Å². The lowest BCUT2D eigenvalue weighted by Gasteiger charge is -2.39. The number of nitrogens with zero attached hydrogens (tertiary/aromatic N) is 2. The van der Waals surface area contributed by atoms with Crippen LogP contribution in [0, 0.1) is 23.3 Å². The lowest BCUT2D eigenvalue weighted by molar-refractivity contribution is -0.113. The van der Waals surface area contributed by atoms with Crippen LogP contribution in [0.1, 0.15) is 18.5 Å². The summed E-state index contributed by atoms with van der Waals surface area (Å²) in [4.78, 5) is 27.8. The van der Waals surface area contributed by atoms with E-state index in [2.05, 4.69) is 5.32 Å². The molecule has 0 aromatic heterocycles. The summed E-state index contributed by atoms with van der Waals surface area (Å²) in [5, 5.41) is 2.43. The predicted octanol–water partition coefficient (Wildman–Crippen LogP) is 4.19. The highest BCUT2D eigenvalue weighted by Crippen LogP contribution is 2.37. The molecule has 1 aliphatic rings. The molecule has 1 aliphatic heterocycles. The molecule has 2 aromatic carbocycles. The maximum Gasteiger partial charge on any atom is 0.324 e. The molecule has 1 N–H and O–H groups in total. The fraction of sp³-hybridized carbons (Fsp3) is 0.200. The first-order valence-electron chi connectivity index (χ1n) is 8.54. The summed E-state index contributed by atoms with van der Waals surface area (Å²) >= 11 is 0. The van der Waals surface area contributed by atoms with Crippen LogP contribution in [0.2, 0.25) is 0 Å². The normalized spacial score (nSPS) is 17.1. The molecule has 3 amide bonds. The number of rotatable bonds is 3. The van der Waals surface area contributed by atoms with Crippen molar-refractivity contribution in [1.82, 2.24) is 9.80 Å². The van der Waals surface area contributed by atoms with E-state index in [1.54, 1.807) is 0 Å². The van der Waals surface area contributed by atoms with Crippen molar-refractivity contribution in [2.45, 2.75) is 13.0 Å². The van der Waals surface area contributed by atoms with Crippen LogP contribution in [0.15, 0.2) is 47.7 Å². The van der Waals surface area contributed by atoms with Crippen LogP contribution in [0.5, 0.6) is 0 Å². The molecule has 0 saturated heterocycles. The number of nitrogens with one attached hydrogen (secondary N) is 1. The molecule has 0 aliphatic carbocycles. The third-order valence-electron chi connectivity index (χ3n) is 4.82. The van der Waals surface area contributed by atoms with Crippen molar-refractivity contribution in [3.8, 4) is 0 Å². The molecule has 29 heavy (non-hydrogen) atoms. The molecule has 0 spiro atoms. The van der Waals surface area contributed by atoms with Gasteiger partial charge >= 0.3 is 6.03 Å². The number of carbonyl (C=O) groups is 2. The first-order valence-corrected chi connectivity index (χ1v) is 8.54. The highest BCUT2D eigenvalue weighted by molar-refractivity contribution is 6.06. The van der Waals surface area contributed by atoms with Crippen LogP contribution in [0.3, 0.4) is 0 Å². The zero-order valence-electron chi connectivity index (χ0n) is 15.8. The van der Waals surface area contributed by atoms with E-state index in [-0.39, 0.29) is 22.5 Å². The lowest BCUT2D eigenvalue weighted by atomic mass is 9.92. The quantitative estimate of drug-likeness (QED) is 0.776. The third kappa shape index (κ3) is 3.67. The van der Waals surface area contributed by atoms with Crippen LogP contribution in [0.25, 0.3) is 0 Å². The highest BCUT2D eigenvalue weighted by atomic mass is 19.2. The van der Waals surface area contributed by atoms with Crippen molar-refractivity contribution >= 4 is 17.6 Å². The largest absolute Gasteiger partial charge is 0.324 e. The molecule has 0 bridgehead atoms. The minimum Gasteiger partial charge on any atom is -0.322 e. The Hall–Kier alpha value is -3.36. The topological polar surface area (TPSA) is 52.7 Å². The molecule has 1 heterocycles. The molecule has 0 unspecified atom stereocenters. The molecular formula is C20H17F4N3O2. The monoisotopic (exact) mass is 407 g/mol. The fourth-order valence-corrected chi connectivity index (χ4v) is 3.21. The number of likely N-dealkylation sites (N-methyl/N-ethyl adjacent to an activating group) is 1. The standard InChI is InChI=1S/C20H17F4N3O2/c1-10-17(19(28)25-12-5-7-14(22)16(24)9-12)18(27(3)20(29)26(10)2)13-6-4-11(21)8-15(13)23/h4-9,18H,1-3H3,(H,25,28)/t18-/m1/s1. The van der Waals surface area contributed by atoms with Crippen molar-refractivity contribution in [2.24, 2.45) is 0 Å². The fourth-order valence-electron chi connectivity index (χ4n) is 3.21. The zero-order chi connectivity index (χ0) is 21.5. The van der Waals surface area contributed by atoms with Crippen LogP contribution in [-0.4, -0.2) is 35.8 Å². The van der Waals surface area contributed by atoms with Gasteiger partial charge in [-0.05, 0) is 25.1 Å². The second-order valence-electron chi connectivity index (χ2n) is 6.60. The van der Waals surface area contributed by atoms with Crippen LogP contribution >= 0.6 is 0 Å². The minimum absolute atomic E-state index is 0.00448. The molecule has 0 saturated carbocycles. The van der Waals surface area contributed by atoms with E-state index in [4.69, 9.17) is 0 Å². The van der Waals surface area contributed by atoms with Gasteiger partial charge in [-0.1, -0.05) is 6.07 Å². The van der Waals surface area contributed by atoms with E-state index in [1.807, 2.05) is 0 Å². The molecule has 2 aromatic rings.